The molecule has 0 bridgehead atoms. The van der Waals surface area contributed by atoms with E-state index in [4.69, 9.17) is 4.52 Å². The van der Waals surface area contributed by atoms with Gasteiger partial charge >= 0.3 is 0 Å². The predicted octanol–water partition coefficient (Wildman–Crippen LogP) is 5.88. The van der Waals surface area contributed by atoms with Crippen LogP contribution in [0, 0.1) is 19.8 Å². The lowest BCUT2D eigenvalue weighted by atomic mass is 9.95. The van der Waals surface area contributed by atoms with Crippen LogP contribution in [0.3, 0.4) is 0 Å². The number of likely N-dealkylation sites (N-methyl/N-ethyl adjacent to an activating group) is 1. The fraction of sp³-hybridized carbons (Fsp3) is 0.324. The van der Waals surface area contributed by atoms with Gasteiger partial charge in [-0.1, -0.05) is 98.2 Å². The molecule has 232 valence electrons. The van der Waals surface area contributed by atoms with E-state index in [2.05, 4.69) is 15.2 Å². The van der Waals surface area contributed by atoms with Gasteiger partial charge in [-0.25, -0.2) is 13.1 Å². The molecule has 0 aliphatic rings. The molecule has 0 saturated heterocycles. The van der Waals surface area contributed by atoms with Gasteiger partial charge in [-0.3, -0.25) is 9.59 Å². The summed E-state index contributed by atoms with van der Waals surface area (Å²) in [7, 11) is -2.40. The average Bonchev–Trinajstić information content (AvgIpc) is 3.35. The van der Waals surface area contributed by atoms with Crippen LogP contribution in [0.25, 0.3) is 11.1 Å². The van der Waals surface area contributed by atoms with Crippen molar-refractivity contribution < 1.29 is 22.5 Å². The fourth-order valence-corrected chi connectivity index (χ4v) is 6.35. The standard InChI is InChI=1S/C34H40N4O5S/c1-6-23(2)32(33(40)35-5)38(31(39)21-18-26-12-8-7-9-13-26)22-27-16-19-28(20-17-27)29-14-10-11-15-30(29)44(41,42)37-34-24(3)25(4)36-43-34/h7-17,19-20,23,32,37H,6,18,21-22H2,1-5H3,(H,35,40)/t23-,32+/m1/s1. The average molecular weight is 617 g/mol. The summed E-state index contributed by atoms with van der Waals surface area (Å²) in [6.45, 7) is 7.70. The van der Waals surface area contributed by atoms with Gasteiger partial charge in [0.05, 0.1) is 10.6 Å². The minimum Gasteiger partial charge on any atom is -0.357 e. The molecule has 2 amide bonds. The van der Waals surface area contributed by atoms with Crippen LogP contribution in [0.15, 0.2) is 88.3 Å². The molecule has 1 aromatic heterocycles. The Morgan fingerprint density at radius 2 is 1.59 bits per heavy atom. The number of nitrogens with one attached hydrogen (secondary N) is 2. The van der Waals surface area contributed by atoms with E-state index in [0.717, 1.165) is 17.5 Å². The van der Waals surface area contributed by atoms with Crippen molar-refractivity contribution >= 4 is 27.7 Å². The Kier molecular flexibility index (Phi) is 10.6. The van der Waals surface area contributed by atoms with Gasteiger partial charge in [-0.15, -0.1) is 0 Å². The number of hydrogen-bond donors (Lipinski definition) is 2. The summed E-state index contributed by atoms with van der Waals surface area (Å²) in [4.78, 5) is 28.5. The summed E-state index contributed by atoms with van der Waals surface area (Å²) in [5.74, 6) is -0.284. The van der Waals surface area contributed by atoms with E-state index in [1.807, 2.05) is 68.4 Å². The largest absolute Gasteiger partial charge is 0.357 e. The molecular formula is C34H40N4O5S. The Hall–Kier alpha value is -4.44. The van der Waals surface area contributed by atoms with E-state index in [0.29, 0.717) is 28.8 Å². The highest BCUT2D eigenvalue weighted by Gasteiger charge is 2.33. The monoisotopic (exact) mass is 616 g/mol. The number of nitrogens with zero attached hydrogens (tertiary/aromatic N) is 2. The highest BCUT2D eigenvalue weighted by Crippen LogP contribution is 2.30. The van der Waals surface area contributed by atoms with Crippen molar-refractivity contribution in [3.05, 3.63) is 101 Å². The fourth-order valence-electron chi connectivity index (χ4n) is 5.07. The van der Waals surface area contributed by atoms with Crippen molar-refractivity contribution in [3.8, 4) is 11.1 Å². The van der Waals surface area contributed by atoms with E-state index in [9.17, 15) is 18.0 Å². The number of carbonyl (C=O) groups is 2. The summed E-state index contributed by atoms with van der Waals surface area (Å²) in [6, 6.07) is 23.3. The Morgan fingerprint density at radius 1 is 0.932 bits per heavy atom. The molecule has 0 radical (unpaired) electrons. The maximum Gasteiger partial charge on any atom is 0.264 e. The molecule has 0 fully saturated rings. The van der Waals surface area contributed by atoms with Gasteiger partial charge in [0, 0.05) is 31.1 Å². The van der Waals surface area contributed by atoms with Crippen LogP contribution in [0.5, 0.6) is 0 Å². The van der Waals surface area contributed by atoms with Crippen LogP contribution >= 0.6 is 0 Å². The van der Waals surface area contributed by atoms with Gasteiger partial charge < -0.3 is 14.7 Å². The maximum atomic E-state index is 13.7. The van der Waals surface area contributed by atoms with E-state index in [1.165, 1.54) is 6.07 Å². The number of hydrogen-bond acceptors (Lipinski definition) is 6. The number of benzene rings is 3. The summed E-state index contributed by atoms with van der Waals surface area (Å²) in [6.07, 6.45) is 1.57. The first kappa shape index (κ1) is 32.5. The predicted molar refractivity (Wildman–Crippen MR) is 171 cm³/mol. The van der Waals surface area contributed by atoms with Gasteiger partial charge in [0.15, 0.2) is 0 Å². The highest BCUT2D eigenvalue weighted by atomic mass is 32.2. The molecule has 0 saturated carbocycles. The van der Waals surface area contributed by atoms with Gasteiger partial charge in [-0.05, 0) is 48.9 Å². The van der Waals surface area contributed by atoms with Crippen LogP contribution in [-0.4, -0.2) is 43.4 Å². The Bertz CT molecular complexity index is 1680. The molecule has 0 unspecified atom stereocenters. The molecule has 3 aromatic carbocycles. The van der Waals surface area contributed by atoms with Crippen molar-refractivity contribution in [2.75, 3.05) is 11.8 Å². The zero-order chi connectivity index (χ0) is 31.9. The van der Waals surface area contributed by atoms with E-state index in [-0.39, 0.29) is 41.5 Å². The van der Waals surface area contributed by atoms with E-state index >= 15 is 0 Å². The zero-order valence-electron chi connectivity index (χ0n) is 25.8. The molecule has 44 heavy (non-hydrogen) atoms. The lowest BCUT2D eigenvalue weighted by Gasteiger charge is -2.34. The molecule has 0 aliphatic heterocycles. The molecule has 0 spiro atoms. The number of rotatable bonds is 13. The first-order valence-electron chi connectivity index (χ1n) is 14.7. The highest BCUT2D eigenvalue weighted by molar-refractivity contribution is 7.92. The lowest BCUT2D eigenvalue weighted by molar-refractivity contribution is -0.143. The van der Waals surface area contributed by atoms with Crippen molar-refractivity contribution in [1.29, 1.82) is 0 Å². The number of amides is 2. The second kappa shape index (κ2) is 14.4. The molecule has 0 aliphatic carbocycles. The number of sulfonamides is 1. The third-order valence-electron chi connectivity index (χ3n) is 8.00. The minimum absolute atomic E-state index is 0.0590. The summed E-state index contributed by atoms with van der Waals surface area (Å²) >= 11 is 0. The first-order chi connectivity index (χ1) is 21.1. The Balaban J connectivity index is 1.61. The van der Waals surface area contributed by atoms with Crippen molar-refractivity contribution in [3.63, 3.8) is 0 Å². The summed E-state index contributed by atoms with van der Waals surface area (Å²) in [5, 5.41) is 6.58. The zero-order valence-corrected chi connectivity index (χ0v) is 26.6. The molecule has 9 nitrogen and oxygen atoms in total. The van der Waals surface area contributed by atoms with Gasteiger partial charge in [0.1, 0.15) is 6.04 Å². The van der Waals surface area contributed by atoms with Crippen molar-refractivity contribution in [2.24, 2.45) is 5.92 Å². The molecule has 10 heteroatoms. The second-order valence-electron chi connectivity index (χ2n) is 11.0. The van der Waals surface area contributed by atoms with Crippen molar-refractivity contribution in [1.82, 2.24) is 15.4 Å². The van der Waals surface area contributed by atoms with Crippen LogP contribution in [0.1, 0.15) is 49.1 Å². The number of aromatic nitrogens is 1. The molecule has 1 heterocycles. The summed E-state index contributed by atoms with van der Waals surface area (Å²) < 4.78 is 34.5. The second-order valence-corrected chi connectivity index (χ2v) is 12.6. The van der Waals surface area contributed by atoms with Crippen LogP contribution in [-0.2, 0) is 32.6 Å². The normalized spacial score (nSPS) is 12.8. The molecule has 4 aromatic rings. The quantitative estimate of drug-likeness (QED) is 0.194. The first-order valence-corrected chi connectivity index (χ1v) is 16.2. The van der Waals surface area contributed by atoms with Crippen LogP contribution in [0.2, 0.25) is 0 Å². The van der Waals surface area contributed by atoms with E-state index < -0.39 is 16.1 Å². The minimum atomic E-state index is -3.99. The molecular weight excluding hydrogens is 576 g/mol. The van der Waals surface area contributed by atoms with Crippen molar-refractivity contribution in [2.45, 2.75) is 64.4 Å². The van der Waals surface area contributed by atoms with Crippen LogP contribution in [0.4, 0.5) is 5.88 Å². The SMILES string of the molecule is CC[C@@H](C)[C@@H](C(=O)NC)N(Cc1ccc(-c2ccccc2S(=O)(=O)Nc2onc(C)c2C)cc1)C(=O)CCc1ccccc1. The Morgan fingerprint density at radius 3 is 2.20 bits per heavy atom. The topological polar surface area (TPSA) is 122 Å². The number of carbonyl (C=O) groups excluding carboxylic acids is 2. The Labute approximate surface area is 259 Å². The molecule has 2 N–H and O–H groups in total. The van der Waals surface area contributed by atoms with Gasteiger partial charge in [-0.2, -0.15) is 0 Å². The number of anilines is 1. The molecule has 4 rings (SSSR count). The molecule has 2 atom stereocenters. The lowest BCUT2D eigenvalue weighted by Crippen LogP contribution is -2.51. The van der Waals surface area contributed by atoms with Crippen LogP contribution < -0.4 is 10.0 Å². The number of aryl methyl sites for hydroxylation is 2. The third-order valence-corrected chi connectivity index (χ3v) is 9.39. The third kappa shape index (κ3) is 7.55. The van der Waals surface area contributed by atoms with Gasteiger partial charge in [0.2, 0.25) is 17.7 Å². The maximum absolute atomic E-state index is 13.7. The summed E-state index contributed by atoms with van der Waals surface area (Å²) in [5.41, 5.74) is 4.30. The van der Waals surface area contributed by atoms with E-state index in [1.54, 1.807) is 44.0 Å². The smallest absolute Gasteiger partial charge is 0.264 e. The van der Waals surface area contributed by atoms with Gasteiger partial charge in [0.25, 0.3) is 10.0 Å².